The average Bonchev–Trinajstić information content (AvgIpc) is 2.43. The lowest BCUT2D eigenvalue weighted by Crippen LogP contribution is -2.50. The number of nitrogens with zero attached hydrogens (tertiary/aromatic N) is 2. The van der Waals surface area contributed by atoms with Crippen LogP contribution in [-0.4, -0.2) is 60.3 Å². The monoisotopic (exact) mass is 345 g/mol. The number of halogens is 2. The SMILES string of the molecule is O=C(Nc1ccc(F)cc1Br)N1CCN(CCO)CC1. The molecule has 20 heavy (non-hydrogen) atoms. The molecule has 110 valence electrons. The molecule has 0 spiro atoms. The lowest BCUT2D eigenvalue weighted by atomic mass is 10.3. The maximum absolute atomic E-state index is 13.0. The van der Waals surface area contributed by atoms with E-state index in [-0.39, 0.29) is 18.5 Å². The highest BCUT2D eigenvalue weighted by Gasteiger charge is 2.21. The number of aliphatic hydroxyl groups is 1. The van der Waals surface area contributed by atoms with Crippen LogP contribution in [0, 0.1) is 5.82 Å². The van der Waals surface area contributed by atoms with Gasteiger partial charge in [0.1, 0.15) is 5.82 Å². The van der Waals surface area contributed by atoms with E-state index in [1.165, 1.54) is 18.2 Å². The quantitative estimate of drug-likeness (QED) is 0.877. The summed E-state index contributed by atoms with van der Waals surface area (Å²) in [5.74, 6) is -0.354. The number of anilines is 1. The molecular formula is C13H17BrFN3O2. The molecule has 1 aromatic carbocycles. The molecule has 1 aliphatic heterocycles. The van der Waals surface area contributed by atoms with Crippen molar-refractivity contribution < 1.29 is 14.3 Å². The molecule has 0 bridgehead atoms. The molecule has 2 N–H and O–H groups in total. The zero-order valence-corrected chi connectivity index (χ0v) is 12.6. The Morgan fingerprint density at radius 2 is 2.05 bits per heavy atom. The Bertz CT molecular complexity index is 479. The Balaban J connectivity index is 1.89. The van der Waals surface area contributed by atoms with Crippen LogP contribution in [0.5, 0.6) is 0 Å². The summed E-state index contributed by atoms with van der Waals surface area (Å²) in [7, 11) is 0. The van der Waals surface area contributed by atoms with Gasteiger partial charge >= 0.3 is 6.03 Å². The number of aliphatic hydroxyl groups excluding tert-OH is 1. The normalized spacial score (nSPS) is 16.2. The van der Waals surface area contributed by atoms with Crippen molar-refractivity contribution in [2.45, 2.75) is 0 Å². The smallest absolute Gasteiger partial charge is 0.321 e. The van der Waals surface area contributed by atoms with Crippen molar-refractivity contribution in [1.82, 2.24) is 9.80 Å². The van der Waals surface area contributed by atoms with Gasteiger partial charge in [-0.15, -0.1) is 0 Å². The minimum Gasteiger partial charge on any atom is -0.395 e. The number of nitrogens with one attached hydrogen (secondary N) is 1. The van der Waals surface area contributed by atoms with Gasteiger partial charge in [-0.05, 0) is 34.1 Å². The third kappa shape index (κ3) is 3.91. The maximum atomic E-state index is 13.0. The number of β-amino-alcohol motifs (C(OH)–C–C–N with tert-alkyl or cyclic N) is 1. The van der Waals surface area contributed by atoms with Crippen LogP contribution in [0.25, 0.3) is 0 Å². The van der Waals surface area contributed by atoms with E-state index in [0.717, 1.165) is 13.1 Å². The van der Waals surface area contributed by atoms with Crippen molar-refractivity contribution in [1.29, 1.82) is 0 Å². The summed E-state index contributed by atoms with van der Waals surface area (Å²) in [6, 6.07) is 3.95. The molecule has 2 rings (SSSR count). The summed E-state index contributed by atoms with van der Waals surface area (Å²) in [4.78, 5) is 15.9. The first-order valence-corrected chi connectivity index (χ1v) is 7.23. The summed E-state index contributed by atoms with van der Waals surface area (Å²) in [6.45, 7) is 3.50. The summed E-state index contributed by atoms with van der Waals surface area (Å²) >= 11 is 3.22. The van der Waals surface area contributed by atoms with Crippen LogP contribution in [-0.2, 0) is 0 Å². The van der Waals surface area contributed by atoms with E-state index >= 15 is 0 Å². The second-order valence-corrected chi connectivity index (χ2v) is 5.46. The molecule has 0 atom stereocenters. The topological polar surface area (TPSA) is 55.8 Å². The van der Waals surface area contributed by atoms with Crippen LogP contribution in [0.2, 0.25) is 0 Å². The van der Waals surface area contributed by atoms with E-state index < -0.39 is 0 Å². The third-order valence-electron chi connectivity index (χ3n) is 3.25. The van der Waals surface area contributed by atoms with Gasteiger partial charge in [0.25, 0.3) is 0 Å². The van der Waals surface area contributed by atoms with Crippen LogP contribution in [0.15, 0.2) is 22.7 Å². The Labute approximate surface area is 125 Å². The van der Waals surface area contributed by atoms with E-state index in [0.29, 0.717) is 29.8 Å². The van der Waals surface area contributed by atoms with Crippen LogP contribution < -0.4 is 5.32 Å². The molecule has 0 aliphatic carbocycles. The molecule has 0 saturated carbocycles. The van der Waals surface area contributed by atoms with Gasteiger partial charge in [0.15, 0.2) is 0 Å². The number of hydrogen-bond donors (Lipinski definition) is 2. The van der Waals surface area contributed by atoms with Gasteiger partial charge < -0.3 is 15.3 Å². The Morgan fingerprint density at radius 1 is 1.35 bits per heavy atom. The lowest BCUT2D eigenvalue weighted by molar-refractivity contribution is 0.127. The molecule has 1 heterocycles. The van der Waals surface area contributed by atoms with Crippen LogP contribution >= 0.6 is 15.9 Å². The number of carbonyl (C=O) groups excluding carboxylic acids is 1. The summed E-state index contributed by atoms with van der Waals surface area (Å²) in [5, 5.41) is 11.6. The highest BCUT2D eigenvalue weighted by atomic mass is 79.9. The first kappa shape index (κ1) is 15.2. The van der Waals surface area contributed by atoms with Crippen LogP contribution in [0.3, 0.4) is 0 Å². The van der Waals surface area contributed by atoms with Crippen molar-refractivity contribution in [3.63, 3.8) is 0 Å². The predicted octanol–water partition coefficient (Wildman–Crippen LogP) is 1.73. The van der Waals surface area contributed by atoms with Gasteiger partial charge in [-0.25, -0.2) is 9.18 Å². The molecule has 0 aromatic heterocycles. The molecule has 2 amide bonds. The van der Waals surface area contributed by atoms with E-state index in [9.17, 15) is 9.18 Å². The molecule has 1 aromatic rings. The fourth-order valence-electron chi connectivity index (χ4n) is 2.10. The number of hydrogen-bond acceptors (Lipinski definition) is 3. The average molecular weight is 346 g/mol. The van der Waals surface area contributed by atoms with Crippen molar-refractivity contribution in [3.8, 4) is 0 Å². The predicted molar refractivity (Wildman–Crippen MR) is 78.2 cm³/mol. The third-order valence-corrected chi connectivity index (χ3v) is 3.90. The number of carbonyl (C=O) groups is 1. The number of urea groups is 1. The maximum Gasteiger partial charge on any atom is 0.321 e. The van der Waals surface area contributed by atoms with E-state index in [1.807, 2.05) is 0 Å². The van der Waals surface area contributed by atoms with Gasteiger partial charge in [0.2, 0.25) is 0 Å². The van der Waals surface area contributed by atoms with E-state index in [4.69, 9.17) is 5.11 Å². The summed E-state index contributed by atoms with van der Waals surface area (Å²) in [5.41, 5.74) is 0.550. The van der Waals surface area contributed by atoms with Gasteiger partial charge in [-0.1, -0.05) is 0 Å². The fraction of sp³-hybridized carbons (Fsp3) is 0.462. The molecule has 1 saturated heterocycles. The number of piperazine rings is 1. The zero-order chi connectivity index (χ0) is 14.5. The second kappa shape index (κ2) is 7.01. The molecule has 1 aliphatic rings. The molecule has 1 fully saturated rings. The largest absolute Gasteiger partial charge is 0.395 e. The van der Waals surface area contributed by atoms with Crippen LogP contribution in [0.4, 0.5) is 14.9 Å². The van der Waals surface area contributed by atoms with E-state index in [1.54, 1.807) is 4.90 Å². The second-order valence-electron chi connectivity index (χ2n) is 4.61. The van der Waals surface area contributed by atoms with Crippen LogP contribution in [0.1, 0.15) is 0 Å². The van der Waals surface area contributed by atoms with Gasteiger partial charge in [0, 0.05) is 37.2 Å². The lowest BCUT2D eigenvalue weighted by Gasteiger charge is -2.34. The first-order valence-electron chi connectivity index (χ1n) is 6.44. The highest BCUT2D eigenvalue weighted by Crippen LogP contribution is 2.23. The molecule has 7 heteroatoms. The Morgan fingerprint density at radius 3 is 2.65 bits per heavy atom. The highest BCUT2D eigenvalue weighted by molar-refractivity contribution is 9.10. The standard InChI is InChI=1S/C13H17BrFN3O2/c14-11-9-10(15)1-2-12(11)16-13(20)18-5-3-17(4-6-18)7-8-19/h1-2,9,19H,3-8H2,(H,16,20). The Hall–Kier alpha value is -1.18. The summed E-state index contributed by atoms with van der Waals surface area (Å²) < 4.78 is 13.5. The molecule has 5 nitrogen and oxygen atoms in total. The van der Waals surface area contributed by atoms with Crippen molar-refractivity contribution >= 4 is 27.6 Å². The first-order chi connectivity index (χ1) is 9.60. The van der Waals surface area contributed by atoms with Gasteiger partial charge in [0.05, 0.1) is 12.3 Å². The molecular weight excluding hydrogens is 329 g/mol. The fourth-order valence-corrected chi connectivity index (χ4v) is 2.55. The van der Waals surface area contributed by atoms with Gasteiger partial charge in [-0.2, -0.15) is 0 Å². The number of amides is 2. The van der Waals surface area contributed by atoms with Crippen molar-refractivity contribution in [3.05, 3.63) is 28.5 Å². The van der Waals surface area contributed by atoms with E-state index in [2.05, 4.69) is 26.1 Å². The van der Waals surface area contributed by atoms with Crippen molar-refractivity contribution in [2.75, 3.05) is 44.6 Å². The molecule has 0 unspecified atom stereocenters. The Kier molecular flexibility index (Phi) is 5.33. The van der Waals surface area contributed by atoms with Gasteiger partial charge in [-0.3, -0.25) is 4.90 Å². The zero-order valence-electron chi connectivity index (χ0n) is 11.0. The summed E-state index contributed by atoms with van der Waals surface area (Å²) in [6.07, 6.45) is 0. The minimum atomic E-state index is -0.354. The van der Waals surface area contributed by atoms with Crippen molar-refractivity contribution in [2.24, 2.45) is 0 Å². The number of rotatable bonds is 3. The number of benzene rings is 1. The molecule has 0 radical (unpaired) electrons. The minimum absolute atomic E-state index is 0.134.